The Kier molecular flexibility index (Phi) is 4.00. The molecule has 0 fully saturated rings. The maximum atomic E-state index is 13.5. The summed E-state index contributed by atoms with van der Waals surface area (Å²) in [7, 11) is 0. The van der Waals surface area contributed by atoms with Crippen molar-refractivity contribution in [3.8, 4) is 0 Å². The van der Waals surface area contributed by atoms with Gasteiger partial charge in [0, 0.05) is 6.04 Å². The van der Waals surface area contributed by atoms with Gasteiger partial charge in [0.05, 0.1) is 5.69 Å². The molecule has 0 spiro atoms. The van der Waals surface area contributed by atoms with Gasteiger partial charge in [-0.15, -0.1) is 0 Å². The van der Waals surface area contributed by atoms with Crippen LogP contribution in [0.1, 0.15) is 32.9 Å². The molecule has 0 saturated heterocycles. The Morgan fingerprint density at radius 2 is 2.00 bits per heavy atom. The van der Waals surface area contributed by atoms with Crippen molar-refractivity contribution >= 4 is 5.82 Å². The zero-order chi connectivity index (χ0) is 11.4. The van der Waals surface area contributed by atoms with E-state index in [2.05, 4.69) is 29.1 Å². The molecular weight excluding hydrogens is 193 g/mol. The molecule has 0 amide bonds. The SMILES string of the molecule is Cc1ncnc(NC(C)CC(C)C)c1F. The van der Waals surface area contributed by atoms with Crippen LogP contribution in [0.2, 0.25) is 0 Å². The van der Waals surface area contributed by atoms with Crippen LogP contribution in [-0.4, -0.2) is 16.0 Å². The second-order valence-corrected chi connectivity index (χ2v) is 4.30. The van der Waals surface area contributed by atoms with Crippen LogP contribution < -0.4 is 5.32 Å². The normalized spacial score (nSPS) is 12.9. The van der Waals surface area contributed by atoms with E-state index in [0.717, 1.165) is 6.42 Å². The number of nitrogens with one attached hydrogen (secondary N) is 1. The maximum Gasteiger partial charge on any atom is 0.186 e. The fourth-order valence-electron chi connectivity index (χ4n) is 1.56. The molecule has 1 aromatic rings. The minimum Gasteiger partial charge on any atom is -0.365 e. The molecule has 1 heterocycles. The smallest absolute Gasteiger partial charge is 0.186 e. The third-order valence-electron chi connectivity index (χ3n) is 2.17. The Morgan fingerprint density at radius 1 is 1.33 bits per heavy atom. The largest absolute Gasteiger partial charge is 0.365 e. The number of anilines is 1. The summed E-state index contributed by atoms with van der Waals surface area (Å²) in [6, 6.07) is 0.216. The zero-order valence-electron chi connectivity index (χ0n) is 9.71. The molecule has 1 rings (SSSR count). The minimum atomic E-state index is -0.354. The predicted molar refractivity (Wildman–Crippen MR) is 59.3 cm³/mol. The van der Waals surface area contributed by atoms with Crippen LogP contribution in [0.5, 0.6) is 0 Å². The lowest BCUT2D eigenvalue weighted by Crippen LogP contribution is -2.19. The number of nitrogens with zero attached hydrogens (tertiary/aromatic N) is 2. The van der Waals surface area contributed by atoms with Gasteiger partial charge in [-0.3, -0.25) is 0 Å². The number of aromatic nitrogens is 2. The number of hydrogen-bond donors (Lipinski definition) is 1. The maximum absolute atomic E-state index is 13.5. The van der Waals surface area contributed by atoms with Crippen LogP contribution in [0.3, 0.4) is 0 Å². The van der Waals surface area contributed by atoms with E-state index in [9.17, 15) is 4.39 Å². The minimum absolute atomic E-state index is 0.216. The van der Waals surface area contributed by atoms with Gasteiger partial charge in [0.1, 0.15) is 6.33 Å². The van der Waals surface area contributed by atoms with Gasteiger partial charge in [-0.1, -0.05) is 13.8 Å². The van der Waals surface area contributed by atoms with E-state index in [1.165, 1.54) is 6.33 Å². The summed E-state index contributed by atoms with van der Waals surface area (Å²) in [4.78, 5) is 7.67. The van der Waals surface area contributed by atoms with Gasteiger partial charge >= 0.3 is 0 Å². The average molecular weight is 211 g/mol. The Labute approximate surface area is 90.1 Å². The first-order valence-corrected chi connectivity index (χ1v) is 5.24. The van der Waals surface area contributed by atoms with Crippen molar-refractivity contribution in [1.82, 2.24) is 9.97 Å². The molecular formula is C11H18FN3. The van der Waals surface area contributed by atoms with E-state index in [0.29, 0.717) is 17.4 Å². The Balaban J connectivity index is 2.68. The Bertz CT molecular complexity index is 326. The number of halogens is 1. The summed E-state index contributed by atoms with van der Waals surface area (Å²) < 4.78 is 13.5. The average Bonchev–Trinajstić information content (AvgIpc) is 2.11. The first-order valence-electron chi connectivity index (χ1n) is 5.24. The van der Waals surface area contributed by atoms with Crippen molar-refractivity contribution in [2.45, 2.75) is 40.2 Å². The van der Waals surface area contributed by atoms with Gasteiger partial charge in [0.25, 0.3) is 0 Å². The number of hydrogen-bond acceptors (Lipinski definition) is 3. The van der Waals surface area contributed by atoms with Crippen molar-refractivity contribution in [3.05, 3.63) is 17.8 Å². The van der Waals surface area contributed by atoms with Gasteiger partial charge < -0.3 is 5.32 Å². The van der Waals surface area contributed by atoms with Crippen LogP contribution in [0, 0.1) is 18.7 Å². The van der Waals surface area contributed by atoms with E-state index in [1.807, 2.05) is 6.92 Å². The highest BCUT2D eigenvalue weighted by molar-refractivity contribution is 5.37. The Morgan fingerprint density at radius 3 is 2.60 bits per heavy atom. The molecule has 1 unspecified atom stereocenters. The van der Waals surface area contributed by atoms with Gasteiger partial charge in [-0.2, -0.15) is 0 Å². The van der Waals surface area contributed by atoms with Crippen molar-refractivity contribution in [2.24, 2.45) is 5.92 Å². The van der Waals surface area contributed by atoms with Crippen LogP contribution >= 0.6 is 0 Å². The van der Waals surface area contributed by atoms with Crippen molar-refractivity contribution in [3.63, 3.8) is 0 Å². The summed E-state index contributed by atoms with van der Waals surface area (Å²) in [5.74, 6) is 0.530. The van der Waals surface area contributed by atoms with Crippen LogP contribution in [0.15, 0.2) is 6.33 Å². The number of aryl methyl sites for hydroxylation is 1. The van der Waals surface area contributed by atoms with Gasteiger partial charge in [-0.25, -0.2) is 14.4 Å². The second kappa shape index (κ2) is 5.05. The first-order chi connectivity index (χ1) is 7.00. The molecule has 15 heavy (non-hydrogen) atoms. The summed E-state index contributed by atoms with van der Waals surface area (Å²) in [6.45, 7) is 7.94. The van der Waals surface area contributed by atoms with E-state index in [1.54, 1.807) is 6.92 Å². The van der Waals surface area contributed by atoms with Crippen LogP contribution in [0.25, 0.3) is 0 Å². The molecule has 4 heteroatoms. The van der Waals surface area contributed by atoms with Gasteiger partial charge in [-0.05, 0) is 26.2 Å². The van der Waals surface area contributed by atoms with E-state index < -0.39 is 0 Å². The van der Waals surface area contributed by atoms with E-state index >= 15 is 0 Å². The first kappa shape index (κ1) is 11.9. The highest BCUT2D eigenvalue weighted by Crippen LogP contribution is 2.15. The van der Waals surface area contributed by atoms with Crippen LogP contribution in [0.4, 0.5) is 10.2 Å². The lowest BCUT2D eigenvalue weighted by atomic mass is 10.1. The molecule has 3 nitrogen and oxygen atoms in total. The molecule has 0 aliphatic rings. The highest BCUT2D eigenvalue weighted by Gasteiger charge is 2.11. The molecule has 0 bridgehead atoms. The lowest BCUT2D eigenvalue weighted by molar-refractivity contribution is 0.532. The van der Waals surface area contributed by atoms with Crippen molar-refractivity contribution in [2.75, 3.05) is 5.32 Å². The molecule has 0 aliphatic heterocycles. The standard InChI is InChI=1S/C11H18FN3/c1-7(2)5-8(3)15-11-10(12)9(4)13-6-14-11/h6-8H,5H2,1-4H3,(H,13,14,15). The van der Waals surface area contributed by atoms with Crippen LogP contribution in [-0.2, 0) is 0 Å². The van der Waals surface area contributed by atoms with Gasteiger partial charge in [0.2, 0.25) is 0 Å². The fraction of sp³-hybridized carbons (Fsp3) is 0.636. The fourth-order valence-corrected chi connectivity index (χ4v) is 1.56. The van der Waals surface area contributed by atoms with Gasteiger partial charge in [0.15, 0.2) is 11.6 Å². The quantitative estimate of drug-likeness (QED) is 0.832. The van der Waals surface area contributed by atoms with E-state index in [-0.39, 0.29) is 11.9 Å². The molecule has 0 aliphatic carbocycles. The van der Waals surface area contributed by atoms with E-state index in [4.69, 9.17) is 0 Å². The Hall–Kier alpha value is -1.19. The highest BCUT2D eigenvalue weighted by atomic mass is 19.1. The molecule has 0 saturated carbocycles. The zero-order valence-corrected chi connectivity index (χ0v) is 9.71. The third kappa shape index (κ3) is 3.46. The molecule has 1 atom stereocenters. The second-order valence-electron chi connectivity index (χ2n) is 4.30. The monoisotopic (exact) mass is 211 g/mol. The molecule has 0 aromatic carbocycles. The third-order valence-corrected chi connectivity index (χ3v) is 2.17. The predicted octanol–water partition coefficient (Wildman–Crippen LogP) is 2.77. The molecule has 1 aromatic heterocycles. The summed E-state index contributed by atoms with van der Waals surface area (Å²) in [5.41, 5.74) is 0.379. The molecule has 0 radical (unpaired) electrons. The van der Waals surface area contributed by atoms with Crippen molar-refractivity contribution in [1.29, 1.82) is 0 Å². The molecule has 84 valence electrons. The van der Waals surface area contributed by atoms with Crippen molar-refractivity contribution < 1.29 is 4.39 Å². The summed E-state index contributed by atoms with van der Waals surface area (Å²) in [6.07, 6.45) is 2.37. The topological polar surface area (TPSA) is 37.8 Å². The summed E-state index contributed by atoms with van der Waals surface area (Å²) >= 11 is 0. The molecule has 1 N–H and O–H groups in total. The number of rotatable bonds is 4. The lowest BCUT2D eigenvalue weighted by Gasteiger charge is -2.16. The summed E-state index contributed by atoms with van der Waals surface area (Å²) in [5, 5.41) is 3.06.